The van der Waals surface area contributed by atoms with Crippen LogP contribution in [-0.4, -0.2) is 10.1 Å². The molecule has 2 aromatic rings. The highest BCUT2D eigenvalue weighted by atomic mass is 35.5. The Morgan fingerprint density at radius 2 is 2.06 bits per heavy atom. The molecule has 0 spiro atoms. The van der Waals surface area contributed by atoms with E-state index in [4.69, 9.17) is 11.6 Å². The van der Waals surface area contributed by atoms with Gasteiger partial charge in [0.15, 0.2) is 0 Å². The summed E-state index contributed by atoms with van der Waals surface area (Å²) in [6.07, 6.45) is 1.53. The van der Waals surface area contributed by atoms with Gasteiger partial charge in [-0.15, -0.1) is 0 Å². The third kappa shape index (κ3) is 2.83. The molecule has 0 fully saturated rings. The van der Waals surface area contributed by atoms with Crippen LogP contribution < -0.4 is 0 Å². The van der Waals surface area contributed by atoms with E-state index in [1.54, 1.807) is 6.07 Å². The second-order valence-corrected chi connectivity index (χ2v) is 4.25. The van der Waals surface area contributed by atoms with Crippen molar-refractivity contribution in [1.29, 1.82) is 0 Å². The highest BCUT2D eigenvalue weighted by Crippen LogP contribution is 2.25. The monoisotopic (exact) mass is 269 g/mol. The summed E-state index contributed by atoms with van der Waals surface area (Å²) >= 11 is 5.78. The second-order valence-electron chi connectivity index (χ2n) is 3.87. The first kappa shape index (κ1) is 12.9. The fourth-order valence-electron chi connectivity index (χ4n) is 1.64. The number of nitrogens with zero attached hydrogens (tertiary/aromatic N) is 1. The first-order valence-corrected chi connectivity index (χ1v) is 5.67. The van der Waals surface area contributed by atoms with E-state index in [0.717, 1.165) is 6.20 Å². The Labute approximate surface area is 108 Å². The summed E-state index contributed by atoms with van der Waals surface area (Å²) in [5, 5.41) is 9.90. The predicted octanol–water partition coefficient (Wildman–Crippen LogP) is 3.29. The molecule has 94 valence electrons. The minimum atomic E-state index is -0.979. The number of aliphatic hydroxyl groups excluding tert-OH is 1. The quantitative estimate of drug-likeness (QED) is 0.927. The Kier molecular flexibility index (Phi) is 3.89. The summed E-state index contributed by atoms with van der Waals surface area (Å²) in [7, 11) is 0. The van der Waals surface area contributed by atoms with E-state index in [9.17, 15) is 13.9 Å². The number of pyridine rings is 1. The summed E-state index contributed by atoms with van der Waals surface area (Å²) in [6, 6.07) is 5.54. The standard InChI is InChI=1S/C13H10ClF2NO/c14-13-8(2-1-3-11(13)16)5-12(18)9-4-10(15)7-17-6-9/h1-4,6-7,12,18H,5H2. The van der Waals surface area contributed by atoms with Gasteiger partial charge in [0.1, 0.15) is 11.6 Å². The van der Waals surface area contributed by atoms with Crippen LogP contribution in [0.15, 0.2) is 36.7 Å². The Morgan fingerprint density at radius 3 is 2.78 bits per heavy atom. The molecule has 1 N–H and O–H groups in total. The lowest BCUT2D eigenvalue weighted by Gasteiger charge is -2.12. The van der Waals surface area contributed by atoms with Gasteiger partial charge >= 0.3 is 0 Å². The molecule has 1 atom stereocenters. The van der Waals surface area contributed by atoms with Crippen LogP contribution in [0.1, 0.15) is 17.2 Å². The lowest BCUT2D eigenvalue weighted by molar-refractivity contribution is 0.177. The molecule has 0 amide bonds. The van der Waals surface area contributed by atoms with Crippen LogP contribution in [0.5, 0.6) is 0 Å². The molecule has 1 aromatic heterocycles. The molecule has 2 rings (SSSR count). The predicted molar refractivity (Wildman–Crippen MR) is 64.3 cm³/mol. The summed E-state index contributed by atoms with van der Waals surface area (Å²) in [6.45, 7) is 0. The van der Waals surface area contributed by atoms with Gasteiger partial charge in [0.2, 0.25) is 0 Å². The molecule has 18 heavy (non-hydrogen) atoms. The molecule has 1 aromatic carbocycles. The second kappa shape index (κ2) is 5.42. The number of hydrogen-bond donors (Lipinski definition) is 1. The van der Waals surface area contributed by atoms with E-state index in [0.29, 0.717) is 11.1 Å². The first-order valence-electron chi connectivity index (χ1n) is 5.29. The van der Waals surface area contributed by atoms with Crippen LogP contribution in [0, 0.1) is 11.6 Å². The van der Waals surface area contributed by atoms with E-state index in [2.05, 4.69) is 4.98 Å². The number of benzene rings is 1. The minimum absolute atomic E-state index is 0.0269. The molecule has 0 bridgehead atoms. The number of aliphatic hydroxyl groups is 1. The molecule has 2 nitrogen and oxygen atoms in total. The van der Waals surface area contributed by atoms with Crippen molar-refractivity contribution in [2.75, 3.05) is 0 Å². The summed E-state index contributed by atoms with van der Waals surface area (Å²) in [5.74, 6) is -1.07. The van der Waals surface area contributed by atoms with E-state index in [-0.39, 0.29) is 11.4 Å². The molecule has 1 unspecified atom stereocenters. The minimum Gasteiger partial charge on any atom is -0.388 e. The molecular weight excluding hydrogens is 260 g/mol. The zero-order chi connectivity index (χ0) is 13.1. The van der Waals surface area contributed by atoms with Crippen molar-refractivity contribution >= 4 is 11.6 Å². The van der Waals surface area contributed by atoms with Gasteiger partial charge < -0.3 is 5.11 Å². The third-order valence-corrected chi connectivity index (χ3v) is 2.98. The SMILES string of the molecule is OC(Cc1cccc(F)c1Cl)c1cncc(F)c1. The van der Waals surface area contributed by atoms with Crippen LogP contribution in [-0.2, 0) is 6.42 Å². The van der Waals surface area contributed by atoms with E-state index in [1.165, 1.54) is 24.4 Å². The van der Waals surface area contributed by atoms with E-state index >= 15 is 0 Å². The molecule has 0 saturated carbocycles. The highest BCUT2D eigenvalue weighted by molar-refractivity contribution is 6.31. The van der Waals surface area contributed by atoms with Gasteiger partial charge in [-0.25, -0.2) is 8.78 Å². The molecule has 5 heteroatoms. The Bertz CT molecular complexity index is 562. The lowest BCUT2D eigenvalue weighted by atomic mass is 10.0. The van der Waals surface area contributed by atoms with Gasteiger partial charge in [0, 0.05) is 18.2 Å². The number of aromatic nitrogens is 1. The maximum Gasteiger partial charge on any atom is 0.142 e. The Balaban J connectivity index is 2.21. The topological polar surface area (TPSA) is 33.1 Å². The van der Waals surface area contributed by atoms with Gasteiger partial charge in [-0.1, -0.05) is 23.7 Å². The van der Waals surface area contributed by atoms with Crippen LogP contribution in [0.4, 0.5) is 8.78 Å². The third-order valence-electron chi connectivity index (χ3n) is 2.56. The van der Waals surface area contributed by atoms with Crippen molar-refractivity contribution in [3.05, 3.63) is 64.4 Å². The average molecular weight is 270 g/mol. The van der Waals surface area contributed by atoms with Crippen LogP contribution in [0.3, 0.4) is 0 Å². The molecular formula is C13H10ClF2NO. The average Bonchev–Trinajstić information content (AvgIpc) is 2.35. The zero-order valence-corrected chi connectivity index (χ0v) is 10.0. The van der Waals surface area contributed by atoms with Crippen LogP contribution in [0.2, 0.25) is 5.02 Å². The summed E-state index contributed by atoms with van der Waals surface area (Å²) in [4.78, 5) is 3.64. The van der Waals surface area contributed by atoms with Gasteiger partial charge in [-0.3, -0.25) is 4.98 Å². The lowest BCUT2D eigenvalue weighted by Crippen LogP contribution is -2.04. The van der Waals surface area contributed by atoms with Crippen molar-refractivity contribution in [2.24, 2.45) is 0 Å². The molecule has 0 saturated heterocycles. The number of rotatable bonds is 3. The van der Waals surface area contributed by atoms with Crippen molar-refractivity contribution < 1.29 is 13.9 Å². The fraction of sp³-hybridized carbons (Fsp3) is 0.154. The maximum absolute atomic E-state index is 13.2. The molecule has 1 heterocycles. The van der Waals surface area contributed by atoms with E-state index < -0.39 is 17.7 Å². The normalized spacial score (nSPS) is 12.4. The van der Waals surface area contributed by atoms with Gasteiger partial charge in [0.25, 0.3) is 0 Å². The van der Waals surface area contributed by atoms with Gasteiger partial charge in [0.05, 0.1) is 17.3 Å². The van der Waals surface area contributed by atoms with Crippen molar-refractivity contribution in [3.8, 4) is 0 Å². The maximum atomic E-state index is 13.2. The van der Waals surface area contributed by atoms with Crippen molar-refractivity contribution in [3.63, 3.8) is 0 Å². The number of hydrogen-bond acceptors (Lipinski definition) is 2. The molecule has 0 aliphatic carbocycles. The van der Waals surface area contributed by atoms with Crippen molar-refractivity contribution in [2.45, 2.75) is 12.5 Å². The largest absolute Gasteiger partial charge is 0.388 e. The van der Waals surface area contributed by atoms with Crippen molar-refractivity contribution in [1.82, 2.24) is 4.98 Å². The highest BCUT2D eigenvalue weighted by Gasteiger charge is 2.13. The summed E-state index contributed by atoms with van der Waals surface area (Å²) < 4.78 is 26.2. The zero-order valence-electron chi connectivity index (χ0n) is 9.28. The first-order chi connectivity index (χ1) is 8.58. The molecule has 0 aliphatic rings. The fourth-order valence-corrected chi connectivity index (χ4v) is 1.85. The van der Waals surface area contributed by atoms with Gasteiger partial charge in [-0.2, -0.15) is 0 Å². The smallest absolute Gasteiger partial charge is 0.142 e. The van der Waals surface area contributed by atoms with Crippen LogP contribution in [0.25, 0.3) is 0 Å². The van der Waals surface area contributed by atoms with Crippen LogP contribution >= 0.6 is 11.6 Å². The summed E-state index contributed by atoms with van der Waals surface area (Å²) in [5.41, 5.74) is 0.795. The molecule has 0 aliphatic heterocycles. The van der Waals surface area contributed by atoms with E-state index in [1.807, 2.05) is 0 Å². The number of halogens is 3. The Morgan fingerprint density at radius 1 is 1.28 bits per heavy atom. The molecule has 0 radical (unpaired) electrons. The van der Waals surface area contributed by atoms with Gasteiger partial charge in [-0.05, 0) is 17.7 Å². The Hall–Kier alpha value is -1.52.